The third kappa shape index (κ3) is 4.68. The zero-order valence-corrected chi connectivity index (χ0v) is 18.1. The van der Waals surface area contributed by atoms with Gasteiger partial charge in [-0.25, -0.2) is 4.99 Å². The first-order valence-corrected chi connectivity index (χ1v) is 10.4. The quantitative estimate of drug-likeness (QED) is 0.617. The van der Waals surface area contributed by atoms with E-state index in [0.717, 1.165) is 24.8 Å². The van der Waals surface area contributed by atoms with E-state index in [-0.39, 0.29) is 17.6 Å². The zero-order valence-electron chi connectivity index (χ0n) is 17.3. The lowest BCUT2D eigenvalue weighted by Gasteiger charge is -2.12. The average molecular weight is 443 g/mol. The molecule has 162 valence electrons. The summed E-state index contributed by atoms with van der Waals surface area (Å²) in [6, 6.07) is 12.3. The number of halogens is 1. The number of para-hydroxylation sites is 1. The lowest BCUT2D eigenvalue weighted by molar-refractivity contribution is 0.0854. The SMILES string of the molecule is COc1ccc(Cl)cc1N=c1oc2c(OC)cccc2cc1C(=O)NC[C@@H]1CCCO1. The molecule has 1 aromatic heterocycles. The van der Waals surface area contributed by atoms with Crippen LogP contribution in [0.2, 0.25) is 5.02 Å². The first-order valence-electron chi connectivity index (χ1n) is 9.98. The molecule has 1 amide bonds. The number of amides is 1. The molecular formula is C23H23ClN2O5. The molecule has 0 unspecified atom stereocenters. The average Bonchev–Trinajstić information content (AvgIpc) is 3.30. The molecule has 0 aliphatic carbocycles. The van der Waals surface area contributed by atoms with E-state index in [1.165, 1.54) is 7.11 Å². The van der Waals surface area contributed by atoms with Crippen LogP contribution in [-0.4, -0.2) is 39.4 Å². The van der Waals surface area contributed by atoms with Crippen LogP contribution in [0.4, 0.5) is 5.69 Å². The maximum atomic E-state index is 13.1. The highest BCUT2D eigenvalue weighted by Gasteiger charge is 2.19. The molecule has 1 N–H and O–H groups in total. The molecule has 31 heavy (non-hydrogen) atoms. The normalized spacial score (nSPS) is 16.5. The van der Waals surface area contributed by atoms with Crippen molar-refractivity contribution in [1.82, 2.24) is 5.32 Å². The fourth-order valence-electron chi connectivity index (χ4n) is 3.50. The number of rotatable bonds is 6. The van der Waals surface area contributed by atoms with Crippen molar-refractivity contribution < 1.29 is 23.4 Å². The van der Waals surface area contributed by atoms with Gasteiger partial charge in [-0.3, -0.25) is 4.79 Å². The molecule has 0 spiro atoms. The van der Waals surface area contributed by atoms with Crippen LogP contribution in [0.15, 0.2) is 51.9 Å². The van der Waals surface area contributed by atoms with Gasteiger partial charge in [0.15, 0.2) is 11.3 Å². The van der Waals surface area contributed by atoms with Gasteiger partial charge in [-0.2, -0.15) is 0 Å². The summed E-state index contributed by atoms with van der Waals surface area (Å²) in [6.45, 7) is 1.15. The van der Waals surface area contributed by atoms with Crippen molar-refractivity contribution in [2.45, 2.75) is 18.9 Å². The molecule has 1 fully saturated rings. The molecule has 1 atom stereocenters. The highest BCUT2D eigenvalue weighted by molar-refractivity contribution is 6.30. The highest BCUT2D eigenvalue weighted by atomic mass is 35.5. The molecule has 0 bridgehead atoms. The lowest BCUT2D eigenvalue weighted by atomic mass is 10.1. The minimum atomic E-state index is -0.302. The summed E-state index contributed by atoms with van der Waals surface area (Å²) in [7, 11) is 3.10. The first kappa shape index (κ1) is 21.2. The van der Waals surface area contributed by atoms with Crippen molar-refractivity contribution >= 4 is 34.2 Å². The molecule has 0 saturated carbocycles. The Morgan fingerprint density at radius 3 is 2.77 bits per heavy atom. The Morgan fingerprint density at radius 2 is 2.03 bits per heavy atom. The van der Waals surface area contributed by atoms with Gasteiger partial charge in [-0.05, 0) is 43.2 Å². The fourth-order valence-corrected chi connectivity index (χ4v) is 3.66. The Hall–Kier alpha value is -3.03. The largest absolute Gasteiger partial charge is 0.494 e. The Kier molecular flexibility index (Phi) is 6.44. The van der Waals surface area contributed by atoms with Crippen LogP contribution in [-0.2, 0) is 4.74 Å². The minimum Gasteiger partial charge on any atom is -0.494 e. The second kappa shape index (κ2) is 9.41. The van der Waals surface area contributed by atoms with Crippen molar-refractivity contribution in [3.8, 4) is 11.5 Å². The fraction of sp³-hybridized carbons (Fsp3) is 0.304. The number of nitrogens with zero attached hydrogens (tertiary/aromatic N) is 1. The van der Waals surface area contributed by atoms with E-state index in [9.17, 15) is 4.79 Å². The summed E-state index contributed by atoms with van der Waals surface area (Å²) in [6.07, 6.45) is 1.95. The minimum absolute atomic E-state index is 0.0230. The molecule has 1 aliphatic rings. The van der Waals surface area contributed by atoms with Gasteiger partial charge in [0.25, 0.3) is 5.91 Å². The van der Waals surface area contributed by atoms with Gasteiger partial charge in [0.1, 0.15) is 17.0 Å². The second-order valence-corrected chi connectivity index (χ2v) is 7.55. The zero-order chi connectivity index (χ0) is 21.8. The number of fused-ring (bicyclic) bond motifs is 1. The predicted octanol–water partition coefficient (Wildman–Crippen LogP) is 4.24. The number of hydrogen-bond acceptors (Lipinski definition) is 6. The number of carbonyl (C=O) groups is 1. The van der Waals surface area contributed by atoms with Crippen molar-refractivity contribution in [3.63, 3.8) is 0 Å². The topological polar surface area (TPSA) is 82.3 Å². The number of carbonyl (C=O) groups excluding carboxylic acids is 1. The van der Waals surface area contributed by atoms with Gasteiger partial charge in [0.2, 0.25) is 5.55 Å². The van der Waals surface area contributed by atoms with Crippen LogP contribution in [0, 0.1) is 0 Å². The Bertz CT molecular complexity index is 1170. The Balaban J connectivity index is 1.83. The maximum Gasteiger partial charge on any atom is 0.256 e. The van der Waals surface area contributed by atoms with Gasteiger partial charge in [-0.1, -0.05) is 23.7 Å². The van der Waals surface area contributed by atoms with E-state index < -0.39 is 0 Å². The van der Waals surface area contributed by atoms with Crippen LogP contribution in [0.1, 0.15) is 23.2 Å². The summed E-state index contributed by atoms with van der Waals surface area (Å²) < 4.78 is 22.5. The monoisotopic (exact) mass is 442 g/mol. The molecule has 3 aromatic rings. The third-order valence-corrected chi connectivity index (χ3v) is 5.32. The highest BCUT2D eigenvalue weighted by Crippen LogP contribution is 2.30. The summed E-state index contributed by atoms with van der Waals surface area (Å²) in [4.78, 5) is 17.6. The summed E-state index contributed by atoms with van der Waals surface area (Å²) in [5.74, 6) is 0.743. The standard InChI is InChI=1S/C23H23ClN2O5/c1-28-19-9-8-15(24)12-18(19)26-23-17(22(27)25-13-16-6-4-10-30-16)11-14-5-3-7-20(29-2)21(14)31-23/h3,5,7-9,11-12,16H,4,6,10,13H2,1-2H3,(H,25,27)/t16-/m0/s1. The van der Waals surface area contributed by atoms with E-state index >= 15 is 0 Å². The van der Waals surface area contributed by atoms with E-state index in [1.54, 1.807) is 37.4 Å². The molecule has 2 aromatic carbocycles. The number of ether oxygens (including phenoxy) is 3. The maximum absolute atomic E-state index is 13.1. The molecule has 7 nitrogen and oxygen atoms in total. The summed E-state index contributed by atoms with van der Waals surface area (Å²) >= 11 is 6.15. The van der Waals surface area contributed by atoms with Crippen LogP contribution < -0.4 is 20.3 Å². The van der Waals surface area contributed by atoms with E-state index in [2.05, 4.69) is 10.3 Å². The van der Waals surface area contributed by atoms with Gasteiger partial charge in [0.05, 0.1) is 20.3 Å². The van der Waals surface area contributed by atoms with Crippen LogP contribution in [0.3, 0.4) is 0 Å². The Morgan fingerprint density at radius 1 is 1.19 bits per heavy atom. The summed E-state index contributed by atoms with van der Waals surface area (Å²) in [5.41, 5.74) is 1.35. The van der Waals surface area contributed by atoms with Gasteiger partial charge >= 0.3 is 0 Å². The molecule has 1 aliphatic heterocycles. The van der Waals surface area contributed by atoms with Gasteiger partial charge in [-0.15, -0.1) is 0 Å². The summed E-state index contributed by atoms with van der Waals surface area (Å²) in [5, 5.41) is 4.14. The van der Waals surface area contributed by atoms with Gasteiger partial charge in [0, 0.05) is 23.6 Å². The number of nitrogens with one attached hydrogen (secondary N) is 1. The number of benzene rings is 2. The number of hydrogen-bond donors (Lipinski definition) is 1. The number of methoxy groups -OCH3 is 2. The van der Waals surface area contributed by atoms with E-state index in [4.69, 9.17) is 30.2 Å². The predicted molar refractivity (Wildman–Crippen MR) is 117 cm³/mol. The molecule has 0 radical (unpaired) electrons. The molecule has 4 rings (SSSR count). The smallest absolute Gasteiger partial charge is 0.256 e. The van der Waals surface area contributed by atoms with E-state index in [1.807, 2.05) is 12.1 Å². The van der Waals surface area contributed by atoms with Crippen molar-refractivity contribution in [2.75, 3.05) is 27.4 Å². The molecule has 8 heteroatoms. The second-order valence-electron chi connectivity index (χ2n) is 7.12. The van der Waals surface area contributed by atoms with Crippen molar-refractivity contribution in [3.05, 3.63) is 58.6 Å². The lowest BCUT2D eigenvalue weighted by Crippen LogP contribution is -2.34. The van der Waals surface area contributed by atoms with E-state index in [0.29, 0.717) is 39.9 Å². The molecule has 1 saturated heterocycles. The Labute approximate surface area is 184 Å². The molecular weight excluding hydrogens is 420 g/mol. The first-order chi connectivity index (χ1) is 15.1. The van der Waals surface area contributed by atoms with Crippen LogP contribution in [0.25, 0.3) is 11.0 Å². The third-order valence-electron chi connectivity index (χ3n) is 5.08. The van der Waals surface area contributed by atoms with Crippen molar-refractivity contribution in [2.24, 2.45) is 4.99 Å². The molecule has 2 heterocycles. The van der Waals surface area contributed by atoms with Gasteiger partial charge < -0.3 is 23.9 Å². The van der Waals surface area contributed by atoms with Crippen LogP contribution >= 0.6 is 11.6 Å². The van der Waals surface area contributed by atoms with Crippen LogP contribution in [0.5, 0.6) is 11.5 Å². The van der Waals surface area contributed by atoms with Crippen molar-refractivity contribution in [1.29, 1.82) is 0 Å².